The number of fused-ring (bicyclic) bond motifs is 3. The zero-order valence-corrected chi connectivity index (χ0v) is 29.3. The molecule has 5 rings (SSSR count). The van der Waals surface area contributed by atoms with Crippen molar-refractivity contribution in [3.05, 3.63) is 45.1 Å². The SMILES string of the molecule is CCCCCCCCCCn1c2cc(-c3ccc(C)s3)sc2c2sc(-c3sc(C)c(CCCC)c3CCCC)cc21. The molecule has 5 aromatic heterocycles. The van der Waals surface area contributed by atoms with Crippen molar-refractivity contribution < 1.29 is 0 Å². The molecular formula is C36H49NS4. The third-order valence-electron chi connectivity index (χ3n) is 8.53. The molecule has 5 aromatic rings. The highest BCUT2D eigenvalue weighted by atomic mass is 32.1. The molecule has 0 atom stereocenters. The van der Waals surface area contributed by atoms with Gasteiger partial charge in [0.2, 0.25) is 0 Å². The average molecular weight is 624 g/mol. The lowest BCUT2D eigenvalue weighted by Crippen LogP contribution is -1.97. The van der Waals surface area contributed by atoms with Crippen molar-refractivity contribution in [2.45, 2.75) is 131 Å². The van der Waals surface area contributed by atoms with E-state index in [1.807, 2.05) is 22.7 Å². The van der Waals surface area contributed by atoms with Crippen molar-refractivity contribution in [2.75, 3.05) is 0 Å². The first-order valence-corrected chi connectivity index (χ1v) is 19.6. The fourth-order valence-electron chi connectivity index (χ4n) is 6.19. The van der Waals surface area contributed by atoms with Crippen LogP contribution in [0.2, 0.25) is 0 Å². The Kier molecular flexibility index (Phi) is 11.2. The topological polar surface area (TPSA) is 4.93 Å². The lowest BCUT2D eigenvalue weighted by molar-refractivity contribution is 0.553. The van der Waals surface area contributed by atoms with Crippen LogP contribution in [0.3, 0.4) is 0 Å². The summed E-state index contributed by atoms with van der Waals surface area (Å²) in [6, 6.07) is 9.64. The molecule has 1 nitrogen and oxygen atoms in total. The fourth-order valence-corrected chi connectivity index (χ4v) is 11.0. The van der Waals surface area contributed by atoms with Gasteiger partial charge >= 0.3 is 0 Å². The molecule has 0 unspecified atom stereocenters. The molecule has 0 aromatic carbocycles. The minimum Gasteiger partial charge on any atom is -0.339 e. The van der Waals surface area contributed by atoms with Gasteiger partial charge in [-0.05, 0) is 81.3 Å². The van der Waals surface area contributed by atoms with E-state index in [0.29, 0.717) is 0 Å². The second kappa shape index (κ2) is 14.9. The van der Waals surface area contributed by atoms with Crippen LogP contribution in [-0.4, -0.2) is 4.57 Å². The van der Waals surface area contributed by atoms with Crippen LogP contribution in [0.25, 0.3) is 39.9 Å². The molecule has 222 valence electrons. The first-order chi connectivity index (χ1) is 20.0. The van der Waals surface area contributed by atoms with Crippen LogP contribution in [0.15, 0.2) is 24.3 Å². The van der Waals surface area contributed by atoms with Gasteiger partial charge in [-0.25, -0.2) is 0 Å². The summed E-state index contributed by atoms with van der Waals surface area (Å²) in [5.41, 5.74) is 6.27. The minimum absolute atomic E-state index is 1.14. The molecule has 0 saturated heterocycles. The molecular weight excluding hydrogens is 575 g/mol. The Morgan fingerprint density at radius 3 is 1.78 bits per heavy atom. The summed E-state index contributed by atoms with van der Waals surface area (Å²) >= 11 is 8.08. The highest BCUT2D eigenvalue weighted by molar-refractivity contribution is 7.32. The molecule has 0 N–H and O–H groups in total. The molecule has 0 spiro atoms. The van der Waals surface area contributed by atoms with Gasteiger partial charge in [0.05, 0.1) is 20.4 Å². The van der Waals surface area contributed by atoms with Gasteiger partial charge in [-0.15, -0.1) is 45.3 Å². The quantitative estimate of drug-likeness (QED) is 0.0908. The second-order valence-corrected chi connectivity index (χ2v) is 16.5. The molecule has 5 heterocycles. The molecule has 41 heavy (non-hydrogen) atoms. The Morgan fingerprint density at radius 1 is 0.561 bits per heavy atom. The van der Waals surface area contributed by atoms with Gasteiger partial charge in [-0.1, -0.05) is 78.6 Å². The van der Waals surface area contributed by atoms with Gasteiger partial charge in [-0.3, -0.25) is 0 Å². The van der Waals surface area contributed by atoms with Crippen LogP contribution in [0.5, 0.6) is 0 Å². The number of hydrogen-bond donors (Lipinski definition) is 0. The summed E-state index contributed by atoms with van der Waals surface area (Å²) in [4.78, 5) is 8.88. The summed E-state index contributed by atoms with van der Waals surface area (Å²) in [7, 11) is 0. The number of nitrogens with zero attached hydrogens (tertiary/aromatic N) is 1. The molecule has 0 fully saturated rings. The molecule has 0 radical (unpaired) electrons. The molecule has 0 aliphatic heterocycles. The van der Waals surface area contributed by atoms with Gasteiger partial charge in [0, 0.05) is 35.8 Å². The summed E-state index contributed by atoms with van der Waals surface area (Å²) in [6.45, 7) is 12.7. The zero-order valence-electron chi connectivity index (χ0n) is 26.0. The number of aryl methyl sites for hydroxylation is 3. The third kappa shape index (κ3) is 7.06. The van der Waals surface area contributed by atoms with Crippen molar-refractivity contribution in [1.82, 2.24) is 4.57 Å². The van der Waals surface area contributed by atoms with Crippen LogP contribution in [-0.2, 0) is 19.4 Å². The number of thiophene rings is 4. The molecule has 0 bridgehead atoms. The van der Waals surface area contributed by atoms with E-state index in [9.17, 15) is 0 Å². The van der Waals surface area contributed by atoms with Crippen LogP contribution in [0, 0.1) is 13.8 Å². The molecule has 0 aliphatic carbocycles. The standard InChI is InChI=1S/C36H49NS4/c1-6-9-12-13-14-15-16-17-22-37-29-23-32(31-21-20-25(4)38-31)40-35(29)36-30(37)24-33(41-36)34-28(19-11-8-3)27(18-10-7-2)26(5)39-34/h20-21,23-24H,6-19,22H2,1-5H3. The normalized spacial score (nSPS) is 12.0. The maximum Gasteiger partial charge on any atom is 0.0708 e. The summed E-state index contributed by atoms with van der Waals surface area (Å²) in [6.07, 6.45) is 18.6. The maximum atomic E-state index is 2.69. The smallest absolute Gasteiger partial charge is 0.0708 e. The van der Waals surface area contributed by atoms with E-state index in [1.165, 1.54) is 130 Å². The van der Waals surface area contributed by atoms with Gasteiger partial charge in [0.15, 0.2) is 0 Å². The predicted octanol–water partition coefficient (Wildman–Crippen LogP) is 13.8. The second-order valence-electron chi connectivity index (χ2n) is 11.8. The molecule has 0 aliphatic rings. The van der Waals surface area contributed by atoms with Gasteiger partial charge in [0.25, 0.3) is 0 Å². The number of unbranched alkanes of at least 4 members (excludes halogenated alkanes) is 9. The van der Waals surface area contributed by atoms with Gasteiger partial charge in [0.1, 0.15) is 0 Å². The Labute approximate surface area is 264 Å². The van der Waals surface area contributed by atoms with Gasteiger partial charge < -0.3 is 4.57 Å². The van der Waals surface area contributed by atoms with Crippen molar-refractivity contribution >= 4 is 65.8 Å². The van der Waals surface area contributed by atoms with Gasteiger partial charge in [-0.2, -0.15) is 0 Å². The summed E-state index contributed by atoms with van der Waals surface area (Å²) in [5, 5.41) is 0. The molecule has 5 heteroatoms. The molecule has 0 amide bonds. The highest BCUT2D eigenvalue weighted by Crippen LogP contribution is 2.49. The monoisotopic (exact) mass is 623 g/mol. The largest absolute Gasteiger partial charge is 0.339 e. The first-order valence-electron chi connectivity index (χ1n) is 16.3. The Morgan fingerprint density at radius 2 is 1.15 bits per heavy atom. The Balaban J connectivity index is 1.49. The zero-order chi connectivity index (χ0) is 28.8. The fraction of sp³-hybridized carbons (Fsp3) is 0.556. The van der Waals surface area contributed by atoms with E-state index >= 15 is 0 Å². The van der Waals surface area contributed by atoms with Crippen LogP contribution < -0.4 is 0 Å². The average Bonchev–Trinajstić information content (AvgIpc) is 3.77. The van der Waals surface area contributed by atoms with E-state index in [4.69, 9.17) is 0 Å². The highest BCUT2D eigenvalue weighted by Gasteiger charge is 2.22. The van der Waals surface area contributed by atoms with Crippen molar-refractivity contribution in [2.24, 2.45) is 0 Å². The lowest BCUT2D eigenvalue weighted by atomic mass is 9.98. The minimum atomic E-state index is 1.14. The number of aromatic nitrogens is 1. The molecule has 0 saturated carbocycles. The summed E-state index contributed by atoms with van der Waals surface area (Å²) in [5.74, 6) is 0. The van der Waals surface area contributed by atoms with Crippen molar-refractivity contribution in [3.8, 4) is 19.5 Å². The Bertz CT molecular complexity index is 1530. The summed E-state index contributed by atoms with van der Waals surface area (Å²) < 4.78 is 5.71. The van der Waals surface area contributed by atoms with Crippen molar-refractivity contribution in [1.29, 1.82) is 0 Å². The first kappa shape index (κ1) is 31.0. The van der Waals surface area contributed by atoms with Crippen LogP contribution >= 0.6 is 45.3 Å². The third-order valence-corrected chi connectivity index (χ3v) is 13.5. The van der Waals surface area contributed by atoms with Crippen LogP contribution in [0.4, 0.5) is 0 Å². The van der Waals surface area contributed by atoms with Crippen molar-refractivity contribution in [3.63, 3.8) is 0 Å². The number of hydrogen-bond acceptors (Lipinski definition) is 4. The van der Waals surface area contributed by atoms with E-state index < -0.39 is 0 Å². The van der Waals surface area contributed by atoms with E-state index in [0.717, 1.165) is 6.54 Å². The predicted molar refractivity (Wildman–Crippen MR) is 191 cm³/mol. The number of rotatable bonds is 17. The Hall–Kier alpha value is -1.40. The van der Waals surface area contributed by atoms with E-state index in [-0.39, 0.29) is 0 Å². The van der Waals surface area contributed by atoms with E-state index in [2.05, 4.69) is 86.1 Å². The van der Waals surface area contributed by atoms with E-state index in [1.54, 1.807) is 20.9 Å². The maximum absolute atomic E-state index is 2.69. The van der Waals surface area contributed by atoms with Crippen LogP contribution in [0.1, 0.15) is 119 Å². The lowest BCUT2D eigenvalue weighted by Gasteiger charge is -2.08.